The molecule has 1 aromatic rings. The van der Waals surface area contributed by atoms with Crippen LogP contribution in [0.4, 0.5) is 5.69 Å². The lowest BCUT2D eigenvalue weighted by Gasteiger charge is -2.60. The SMILES string of the molecule is CCN(C(=O)c1cccc([N+](=O)[O-])c1)C12CC3CC(CC(C3)C1)C2. The summed E-state index contributed by atoms with van der Waals surface area (Å²) >= 11 is 0. The van der Waals surface area contributed by atoms with E-state index in [0.29, 0.717) is 12.1 Å². The average molecular weight is 328 g/mol. The molecule has 0 atom stereocenters. The largest absolute Gasteiger partial charge is 0.333 e. The van der Waals surface area contributed by atoms with Gasteiger partial charge in [0.25, 0.3) is 11.6 Å². The van der Waals surface area contributed by atoms with Gasteiger partial charge in [0.05, 0.1) is 4.92 Å². The Bertz CT molecular complexity index is 650. The van der Waals surface area contributed by atoms with Crippen LogP contribution < -0.4 is 0 Å². The van der Waals surface area contributed by atoms with Crippen molar-refractivity contribution in [3.05, 3.63) is 39.9 Å². The Hall–Kier alpha value is -1.91. The molecule has 0 saturated heterocycles. The van der Waals surface area contributed by atoms with Crippen molar-refractivity contribution in [1.29, 1.82) is 0 Å². The van der Waals surface area contributed by atoms with Gasteiger partial charge < -0.3 is 4.90 Å². The molecule has 4 saturated carbocycles. The first-order chi connectivity index (χ1) is 11.5. The van der Waals surface area contributed by atoms with Crippen molar-refractivity contribution in [1.82, 2.24) is 4.90 Å². The number of rotatable bonds is 4. The highest BCUT2D eigenvalue weighted by Crippen LogP contribution is 2.57. The van der Waals surface area contributed by atoms with Gasteiger partial charge in [-0.1, -0.05) is 6.07 Å². The fourth-order valence-corrected chi connectivity index (χ4v) is 6.00. The summed E-state index contributed by atoms with van der Waals surface area (Å²) in [5, 5.41) is 11.0. The number of carbonyl (C=O) groups is 1. The molecule has 4 bridgehead atoms. The molecule has 24 heavy (non-hydrogen) atoms. The summed E-state index contributed by atoms with van der Waals surface area (Å²) in [7, 11) is 0. The highest BCUT2D eigenvalue weighted by atomic mass is 16.6. The molecule has 0 unspecified atom stereocenters. The zero-order chi connectivity index (χ0) is 16.9. The highest BCUT2D eigenvalue weighted by Gasteiger charge is 2.54. The normalized spacial score (nSPS) is 33.5. The number of nitro benzene ring substituents is 1. The molecule has 4 aliphatic rings. The van der Waals surface area contributed by atoms with E-state index in [2.05, 4.69) is 0 Å². The summed E-state index contributed by atoms with van der Waals surface area (Å²) in [5.41, 5.74) is 0.426. The summed E-state index contributed by atoms with van der Waals surface area (Å²) in [5.74, 6) is 2.26. The van der Waals surface area contributed by atoms with Crippen LogP contribution in [0.2, 0.25) is 0 Å². The van der Waals surface area contributed by atoms with Gasteiger partial charge in [0, 0.05) is 29.8 Å². The predicted octanol–water partition coefficient (Wildman–Crippen LogP) is 4.03. The molecular formula is C19H24N2O3. The number of non-ortho nitro benzene ring substituents is 1. The molecule has 0 N–H and O–H groups in total. The average Bonchev–Trinajstić information content (AvgIpc) is 2.54. The van der Waals surface area contributed by atoms with Gasteiger partial charge in [0.15, 0.2) is 0 Å². The summed E-state index contributed by atoms with van der Waals surface area (Å²) in [6, 6.07) is 6.18. The molecule has 1 aromatic carbocycles. The third-order valence-electron chi connectivity index (χ3n) is 6.44. The maximum atomic E-state index is 13.2. The topological polar surface area (TPSA) is 63.5 Å². The second-order valence-electron chi connectivity index (χ2n) is 8.00. The minimum atomic E-state index is -0.433. The van der Waals surface area contributed by atoms with Gasteiger partial charge in [-0.3, -0.25) is 14.9 Å². The summed E-state index contributed by atoms with van der Waals surface area (Å²) in [6.45, 7) is 2.71. The fraction of sp³-hybridized carbons (Fsp3) is 0.632. The van der Waals surface area contributed by atoms with E-state index in [1.165, 1.54) is 31.4 Å². The molecule has 0 aliphatic heterocycles. The molecule has 4 fully saturated rings. The summed E-state index contributed by atoms with van der Waals surface area (Å²) < 4.78 is 0. The minimum Gasteiger partial charge on any atom is -0.333 e. The Morgan fingerprint density at radius 3 is 2.29 bits per heavy atom. The first kappa shape index (κ1) is 15.6. The zero-order valence-electron chi connectivity index (χ0n) is 14.1. The lowest BCUT2D eigenvalue weighted by atomic mass is 9.52. The zero-order valence-corrected chi connectivity index (χ0v) is 14.1. The van der Waals surface area contributed by atoms with E-state index < -0.39 is 4.92 Å². The maximum absolute atomic E-state index is 13.2. The standard InChI is InChI=1S/C19H24N2O3/c1-2-20(18(22)16-4-3-5-17(9-16)21(23)24)19-10-13-6-14(11-19)8-15(7-13)12-19/h3-5,9,13-15H,2,6-8,10-12H2,1H3. The lowest BCUT2D eigenvalue weighted by molar-refractivity contribution is -0.384. The quantitative estimate of drug-likeness (QED) is 0.619. The van der Waals surface area contributed by atoms with Crippen LogP contribution in [0.5, 0.6) is 0 Å². The van der Waals surface area contributed by atoms with Gasteiger partial charge >= 0.3 is 0 Å². The van der Waals surface area contributed by atoms with Gasteiger partial charge in [-0.2, -0.15) is 0 Å². The molecular weight excluding hydrogens is 304 g/mol. The van der Waals surface area contributed by atoms with Crippen LogP contribution in [0.15, 0.2) is 24.3 Å². The van der Waals surface area contributed by atoms with Crippen molar-refractivity contribution in [2.24, 2.45) is 17.8 Å². The third-order valence-corrected chi connectivity index (χ3v) is 6.44. The fourth-order valence-electron chi connectivity index (χ4n) is 6.00. The van der Waals surface area contributed by atoms with Crippen molar-refractivity contribution in [2.75, 3.05) is 6.54 Å². The molecule has 5 nitrogen and oxygen atoms in total. The maximum Gasteiger partial charge on any atom is 0.270 e. The Morgan fingerprint density at radius 1 is 1.21 bits per heavy atom. The predicted molar refractivity (Wildman–Crippen MR) is 90.7 cm³/mol. The molecule has 1 amide bonds. The second-order valence-corrected chi connectivity index (χ2v) is 8.00. The Morgan fingerprint density at radius 2 is 1.79 bits per heavy atom. The number of hydrogen-bond donors (Lipinski definition) is 0. The van der Waals surface area contributed by atoms with Crippen molar-refractivity contribution in [3.63, 3.8) is 0 Å². The first-order valence-electron chi connectivity index (χ1n) is 9.07. The van der Waals surface area contributed by atoms with Crippen molar-refractivity contribution in [2.45, 2.75) is 51.0 Å². The molecule has 0 heterocycles. The Labute approximate surface area is 142 Å². The van der Waals surface area contributed by atoms with Crippen molar-refractivity contribution < 1.29 is 9.72 Å². The number of hydrogen-bond acceptors (Lipinski definition) is 3. The monoisotopic (exact) mass is 328 g/mol. The van der Waals surface area contributed by atoms with Crippen LogP contribution in [-0.4, -0.2) is 27.8 Å². The minimum absolute atomic E-state index is 0.00873. The van der Waals surface area contributed by atoms with E-state index in [-0.39, 0.29) is 17.1 Å². The van der Waals surface area contributed by atoms with E-state index in [9.17, 15) is 14.9 Å². The summed E-state index contributed by atoms with van der Waals surface area (Å²) in [6.07, 6.45) is 7.36. The van der Waals surface area contributed by atoms with E-state index in [4.69, 9.17) is 0 Å². The van der Waals surface area contributed by atoms with Gasteiger partial charge in [-0.25, -0.2) is 0 Å². The van der Waals surface area contributed by atoms with Crippen LogP contribution in [0, 0.1) is 27.9 Å². The van der Waals surface area contributed by atoms with Gasteiger partial charge in [-0.05, 0) is 69.3 Å². The number of amides is 1. The molecule has 5 heteroatoms. The van der Waals surface area contributed by atoms with Crippen LogP contribution >= 0.6 is 0 Å². The Balaban J connectivity index is 1.65. The smallest absolute Gasteiger partial charge is 0.270 e. The van der Waals surface area contributed by atoms with Crippen LogP contribution in [0.1, 0.15) is 55.8 Å². The number of nitro groups is 1. The van der Waals surface area contributed by atoms with Crippen molar-refractivity contribution in [3.8, 4) is 0 Å². The first-order valence-corrected chi connectivity index (χ1v) is 9.07. The number of carbonyl (C=O) groups excluding carboxylic acids is 1. The van der Waals surface area contributed by atoms with E-state index >= 15 is 0 Å². The molecule has 0 radical (unpaired) electrons. The highest BCUT2D eigenvalue weighted by molar-refractivity contribution is 5.95. The van der Waals surface area contributed by atoms with Crippen LogP contribution in [0.25, 0.3) is 0 Å². The van der Waals surface area contributed by atoms with E-state index in [1.54, 1.807) is 12.1 Å². The Kier molecular flexibility index (Phi) is 3.62. The van der Waals surface area contributed by atoms with Gasteiger partial charge in [-0.15, -0.1) is 0 Å². The van der Waals surface area contributed by atoms with E-state index in [1.807, 2.05) is 11.8 Å². The van der Waals surface area contributed by atoms with E-state index in [0.717, 1.165) is 37.0 Å². The summed E-state index contributed by atoms with van der Waals surface area (Å²) in [4.78, 5) is 25.8. The third kappa shape index (κ3) is 2.41. The molecule has 4 aliphatic carbocycles. The number of nitrogens with zero attached hydrogens (tertiary/aromatic N) is 2. The van der Waals surface area contributed by atoms with Crippen molar-refractivity contribution >= 4 is 11.6 Å². The molecule has 0 spiro atoms. The molecule has 128 valence electrons. The molecule has 0 aromatic heterocycles. The van der Waals surface area contributed by atoms with Gasteiger partial charge in [0.2, 0.25) is 0 Å². The molecule has 5 rings (SSSR count). The van der Waals surface area contributed by atoms with Crippen LogP contribution in [0.3, 0.4) is 0 Å². The lowest BCUT2D eigenvalue weighted by Crippen LogP contribution is -2.61. The van der Waals surface area contributed by atoms with Gasteiger partial charge in [0.1, 0.15) is 0 Å². The second kappa shape index (κ2) is 5.57. The van der Waals surface area contributed by atoms with Crippen LogP contribution in [-0.2, 0) is 0 Å². The number of benzene rings is 1.